The minimum Gasteiger partial charge on any atom is -0.224 e. The molecule has 0 heterocycles. The molecule has 9 heteroatoms. The zero-order valence-electron chi connectivity index (χ0n) is 9.14. The van der Waals surface area contributed by atoms with Gasteiger partial charge >= 0.3 is 6.18 Å². The van der Waals surface area contributed by atoms with Gasteiger partial charge in [0.05, 0.1) is 17.0 Å². The van der Waals surface area contributed by atoms with Crippen LogP contribution in [0.2, 0.25) is 0 Å². The van der Waals surface area contributed by atoms with Crippen molar-refractivity contribution in [2.45, 2.75) is 17.6 Å². The summed E-state index contributed by atoms with van der Waals surface area (Å²) < 4.78 is 60.2. The van der Waals surface area contributed by atoms with Crippen LogP contribution in [0.3, 0.4) is 0 Å². The standard InChI is InChI=1S/C9H8F3N3O2S/c1-18(16,17)8-3-6(5-14-15-13)2-7(4-8)9(10,11)12/h2-4H,5H2,1H3. The molecule has 0 spiro atoms. The summed E-state index contributed by atoms with van der Waals surface area (Å²) in [6, 6.07) is 2.36. The number of hydrogen-bond acceptors (Lipinski definition) is 3. The fourth-order valence-corrected chi connectivity index (χ4v) is 1.95. The first-order chi connectivity index (χ1) is 8.14. The lowest BCUT2D eigenvalue weighted by atomic mass is 10.1. The third-order valence-corrected chi connectivity index (χ3v) is 3.13. The summed E-state index contributed by atoms with van der Waals surface area (Å²) in [4.78, 5) is 1.95. The average Bonchev–Trinajstić information content (AvgIpc) is 2.23. The highest BCUT2D eigenvalue weighted by molar-refractivity contribution is 7.90. The molecule has 0 saturated heterocycles. The number of hydrogen-bond donors (Lipinski definition) is 0. The van der Waals surface area contributed by atoms with Gasteiger partial charge in [-0.2, -0.15) is 13.2 Å². The average molecular weight is 279 g/mol. The molecule has 0 saturated carbocycles. The van der Waals surface area contributed by atoms with Gasteiger partial charge in [0, 0.05) is 11.2 Å². The highest BCUT2D eigenvalue weighted by atomic mass is 32.2. The molecule has 0 radical (unpaired) electrons. The molecule has 1 rings (SSSR count). The largest absolute Gasteiger partial charge is 0.416 e. The van der Waals surface area contributed by atoms with E-state index in [4.69, 9.17) is 5.53 Å². The molecule has 0 aliphatic carbocycles. The monoisotopic (exact) mass is 279 g/mol. The quantitative estimate of drug-likeness (QED) is 0.484. The number of benzene rings is 1. The number of sulfone groups is 1. The molecule has 0 N–H and O–H groups in total. The third-order valence-electron chi connectivity index (χ3n) is 2.04. The molecule has 98 valence electrons. The van der Waals surface area contributed by atoms with E-state index in [2.05, 4.69) is 10.0 Å². The number of alkyl halides is 3. The molecule has 0 atom stereocenters. The molecule has 0 aliphatic heterocycles. The highest BCUT2D eigenvalue weighted by Gasteiger charge is 2.32. The third kappa shape index (κ3) is 3.64. The lowest BCUT2D eigenvalue weighted by Crippen LogP contribution is -2.08. The Labute approximate surface area is 101 Å². The number of azide groups is 1. The van der Waals surface area contributed by atoms with Crippen molar-refractivity contribution in [1.29, 1.82) is 0 Å². The summed E-state index contributed by atoms with van der Waals surface area (Å²) in [6.45, 7) is -0.344. The van der Waals surface area contributed by atoms with Crippen molar-refractivity contribution in [2.24, 2.45) is 5.11 Å². The summed E-state index contributed by atoms with van der Waals surface area (Å²) in [7, 11) is -3.77. The van der Waals surface area contributed by atoms with Crippen molar-refractivity contribution in [2.75, 3.05) is 6.26 Å². The Morgan fingerprint density at radius 3 is 2.39 bits per heavy atom. The van der Waals surface area contributed by atoms with Gasteiger partial charge in [-0.1, -0.05) is 5.11 Å². The molecule has 1 aromatic rings. The van der Waals surface area contributed by atoms with Crippen molar-refractivity contribution in [3.8, 4) is 0 Å². The van der Waals surface area contributed by atoms with Crippen LogP contribution in [0.5, 0.6) is 0 Å². The fourth-order valence-electron chi connectivity index (χ4n) is 1.24. The molecule has 5 nitrogen and oxygen atoms in total. The van der Waals surface area contributed by atoms with Crippen LogP contribution in [0.1, 0.15) is 11.1 Å². The van der Waals surface area contributed by atoms with Crippen LogP contribution in [0.25, 0.3) is 10.4 Å². The van der Waals surface area contributed by atoms with Gasteiger partial charge in [-0.15, -0.1) is 0 Å². The zero-order valence-corrected chi connectivity index (χ0v) is 9.96. The van der Waals surface area contributed by atoms with E-state index in [0.717, 1.165) is 18.4 Å². The van der Waals surface area contributed by atoms with E-state index in [1.54, 1.807) is 0 Å². The Bertz CT molecular complexity index is 604. The van der Waals surface area contributed by atoms with Gasteiger partial charge in [0.25, 0.3) is 0 Å². The van der Waals surface area contributed by atoms with Crippen LogP contribution >= 0.6 is 0 Å². The summed E-state index contributed by atoms with van der Waals surface area (Å²) in [5, 5.41) is 3.11. The SMILES string of the molecule is CS(=O)(=O)c1cc(CN=[N+]=[N-])cc(C(F)(F)F)c1. The highest BCUT2D eigenvalue weighted by Crippen LogP contribution is 2.31. The molecule has 0 fully saturated rings. The van der Waals surface area contributed by atoms with Crippen LogP contribution < -0.4 is 0 Å². The van der Waals surface area contributed by atoms with Crippen LogP contribution in [-0.2, 0) is 22.6 Å². The van der Waals surface area contributed by atoms with Gasteiger partial charge in [-0.05, 0) is 29.3 Å². The maximum Gasteiger partial charge on any atom is 0.416 e. The van der Waals surface area contributed by atoms with Crippen molar-refractivity contribution in [1.82, 2.24) is 0 Å². The van der Waals surface area contributed by atoms with Crippen molar-refractivity contribution < 1.29 is 21.6 Å². The smallest absolute Gasteiger partial charge is 0.224 e. The lowest BCUT2D eigenvalue weighted by Gasteiger charge is -2.10. The van der Waals surface area contributed by atoms with Gasteiger partial charge < -0.3 is 0 Å². The zero-order chi connectivity index (χ0) is 14.0. The predicted octanol–water partition coefficient (Wildman–Crippen LogP) is 2.92. The molecule has 0 aliphatic rings. The predicted molar refractivity (Wildman–Crippen MR) is 57.4 cm³/mol. The summed E-state index contributed by atoms with van der Waals surface area (Å²) in [5.41, 5.74) is 7.00. The van der Waals surface area contributed by atoms with Crippen LogP contribution in [0, 0.1) is 0 Å². The second kappa shape index (κ2) is 4.87. The first-order valence-corrected chi connectivity index (χ1v) is 6.46. The molecular formula is C9H8F3N3O2S. The van der Waals surface area contributed by atoms with Crippen LogP contribution in [0.4, 0.5) is 13.2 Å². The van der Waals surface area contributed by atoms with Crippen molar-refractivity contribution in [3.63, 3.8) is 0 Å². The Kier molecular flexibility index (Phi) is 3.88. The van der Waals surface area contributed by atoms with E-state index < -0.39 is 26.5 Å². The molecule has 0 aromatic heterocycles. The van der Waals surface area contributed by atoms with Crippen LogP contribution in [0.15, 0.2) is 28.2 Å². The minimum atomic E-state index is -4.66. The summed E-state index contributed by atoms with van der Waals surface area (Å²) in [6.07, 6.45) is -3.86. The Balaban J connectivity index is 3.43. The summed E-state index contributed by atoms with van der Waals surface area (Å²) >= 11 is 0. The molecule has 18 heavy (non-hydrogen) atoms. The van der Waals surface area contributed by atoms with Gasteiger partial charge in [-0.25, -0.2) is 8.42 Å². The number of nitrogens with zero attached hydrogens (tertiary/aromatic N) is 3. The van der Waals surface area contributed by atoms with Gasteiger partial charge in [0.15, 0.2) is 9.84 Å². The fraction of sp³-hybridized carbons (Fsp3) is 0.333. The Morgan fingerprint density at radius 1 is 1.33 bits per heavy atom. The summed E-state index contributed by atoms with van der Waals surface area (Å²) in [5.74, 6) is 0. The second-order valence-electron chi connectivity index (χ2n) is 3.52. The molecular weight excluding hydrogens is 271 g/mol. The normalized spacial score (nSPS) is 12.0. The van der Waals surface area contributed by atoms with E-state index in [1.165, 1.54) is 0 Å². The number of rotatable bonds is 3. The van der Waals surface area contributed by atoms with E-state index in [-0.39, 0.29) is 12.1 Å². The van der Waals surface area contributed by atoms with Gasteiger partial charge in [0.2, 0.25) is 0 Å². The van der Waals surface area contributed by atoms with Gasteiger partial charge in [-0.3, -0.25) is 0 Å². The van der Waals surface area contributed by atoms with Crippen molar-refractivity contribution >= 4 is 9.84 Å². The molecule has 1 aromatic carbocycles. The Morgan fingerprint density at radius 2 is 1.94 bits per heavy atom. The number of halogens is 3. The molecule has 0 unspecified atom stereocenters. The van der Waals surface area contributed by atoms with E-state index in [9.17, 15) is 21.6 Å². The first kappa shape index (κ1) is 14.3. The van der Waals surface area contributed by atoms with Crippen LogP contribution in [-0.4, -0.2) is 14.7 Å². The maximum absolute atomic E-state index is 12.6. The topological polar surface area (TPSA) is 82.9 Å². The Hall–Kier alpha value is -1.73. The lowest BCUT2D eigenvalue weighted by molar-refractivity contribution is -0.137. The molecule has 0 amide bonds. The molecule has 0 bridgehead atoms. The van der Waals surface area contributed by atoms with Gasteiger partial charge in [0.1, 0.15) is 0 Å². The van der Waals surface area contributed by atoms with E-state index >= 15 is 0 Å². The van der Waals surface area contributed by atoms with E-state index in [0.29, 0.717) is 6.07 Å². The van der Waals surface area contributed by atoms with E-state index in [1.807, 2.05) is 0 Å². The maximum atomic E-state index is 12.6. The first-order valence-electron chi connectivity index (χ1n) is 4.56. The minimum absolute atomic E-state index is 0.0111. The second-order valence-corrected chi connectivity index (χ2v) is 5.54. The van der Waals surface area contributed by atoms with Crippen molar-refractivity contribution in [3.05, 3.63) is 39.8 Å².